The molecule has 0 bridgehead atoms. The van der Waals surface area contributed by atoms with Crippen LogP contribution in [0.25, 0.3) is 11.3 Å². The summed E-state index contributed by atoms with van der Waals surface area (Å²) in [4.78, 5) is 5.94. The molecule has 0 radical (unpaired) electrons. The van der Waals surface area contributed by atoms with Crippen LogP contribution < -0.4 is 9.54 Å². The van der Waals surface area contributed by atoms with Crippen molar-refractivity contribution in [1.82, 2.24) is 8.87 Å². The molecule has 8 nitrogen and oxygen atoms in total. The Kier molecular flexibility index (Phi) is 8.17. The first-order chi connectivity index (χ1) is 16.5. The van der Waals surface area contributed by atoms with Crippen molar-refractivity contribution in [2.24, 2.45) is 4.99 Å². The summed E-state index contributed by atoms with van der Waals surface area (Å²) in [6, 6.07) is 14.7. The van der Waals surface area contributed by atoms with Crippen molar-refractivity contribution in [3.63, 3.8) is 0 Å². The topological polar surface area (TPSA) is 82.4 Å². The highest BCUT2D eigenvalue weighted by molar-refractivity contribution is 7.89. The van der Waals surface area contributed by atoms with E-state index in [4.69, 9.17) is 19.2 Å². The summed E-state index contributed by atoms with van der Waals surface area (Å²) in [7, 11) is -1.86. The number of hydrogen-bond acceptors (Lipinski definition) is 7. The number of ether oxygens (including phenoxy) is 3. The maximum Gasteiger partial charge on any atom is 0.243 e. The van der Waals surface area contributed by atoms with E-state index in [9.17, 15) is 8.42 Å². The molecule has 0 unspecified atom stereocenters. The summed E-state index contributed by atoms with van der Waals surface area (Å²) in [5.41, 5.74) is 2.71. The van der Waals surface area contributed by atoms with Gasteiger partial charge in [-0.2, -0.15) is 4.31 Å². The van der Waals surface area contributed by atoms with Crippen molar-refractivity contribution in [2.45, 2.75) is 18.4 Å². The summed E-state index contributed by atoms with van der Waals surface area (Å²) >= 11 is 1.53. The Labute approximate surface area is 204 Å². The average molecular weight is 504 g/mol. The zero-order valence-corrected chi connectivity index (χ0v) is 21.0. The van der Waals surface area contributed by atoms with Gasteiger partial charge >= 0.3 is 0 Å². The van der Waals surface area contributed by atoms with E-state index in [1.54, 1.807) is 19.2 Å². The van der Waals surface area contributed by atoms with Crippen molar-refractivity contribution in [3.8, 4) is 17.0 Å². The van der Waals surface area contributed by atoms with Crippen molar-refractivity contribution in [2.75, 3.05) is 46.6 Å². The minimum Gasteiger partial charge on any atom is -0.494 e. The van der Waals surface area contributed by atoms with Crippen LogP contribution in [-0.2, 0) is 26.0 Å². The van der Waals surface area contributed by atoms with Crippen LogP contribution in [0.3, 0.4) is 0 Å². The highest BCUT2D eigenvalue weighted by atomic mass is 32.2. The highest BCUT2D eigenvalue weighted by Crippen LogP contribution is 2.25. The second-order valence-electron chi connectivity index (χ2n) is 7.63. The SMILES string of the molecule is CCOc1ccc(N=c2scc(-c3ccc(S(=O)(=O)N4CCOCC4)cc3)n2CCOC)cc1. The van der Waals surface area contributed by atoms with E-state index in [2.05, 4.69) is 4.57 Å². The Morgan fingerprint density at radius 1 is 1.06 bits per heavy atom. The van der Waals surface area contributed by atoms with E-state index in [0.29, 0.717) is 46.1 Å². The van der Waals surface area contributed by atoms with Crippen LogP contribution in [0.5, 0.6) is 5.75 Å². The Morgan fingerprint density at radius 3 is 2.41 bits per heavy atom. The second-order valence-corrected chi connectivity index (χ2v) is 10.4. The number of rotatable bonds is 9. The van der Waals surface area contributed by atoms with E-state index in [-0.39, 0.29) is 4.90 Å². The van der Waals surface area contributed by atoms with Gasteiger partial charge in [-0.1, -0.05) is 12.1 Å². The molecule has 1 fully saturated rings. The van der Waals surface area contributed by atoms with Crippen LogP contribution in [0.4, 0.5) is 5.69 Å². The molecule has 1 saturated heterocycles. The van der Waals surface area contributed by atoms with Crippen LogP contribution >= 0.6 is 11.3 Å². The van der Waals surface area contributed by atoms with E-state index < -0.39 is 10.0 Å². The molecule has 0 saturated carbocycles. The number of sulfonamides is 1. The highest BCUT2D eigenvalue weighted by Gasteiger charge is 2.26. The van der Waals surface area contributed by atoms with Gasteiger partial charge in [0.1, 0.15) is 5.75 Å². The van der Waals surface area contributed by atoms with Crippen LogP contribution in [-0.4, -0.2) is 63.9 Å². The number of thiazole rings is 1. The summed E-state index contributed by atoms with van der Waals surface area (Å²) < 4.78 is 45.6. The van der Waals surface area contributed by atoms with Crippen LogP contribution in [0.1, 0.15) is 6.92 Å². The lowest BCUT2D eigenvalue weighted by Gasteiger charge is -2.26. The molecule has 0 spiro atoms. The van der Waals surface area contributed by atoms with Gasteiger partial charge in [0.05, 0.1) is 42.7 Å². The monoisotopic (exact) mass is 503 g/mol. The van der Waals surface area contributed by atoms with Gasteiger partial charge < -0.3 is 18.8 Å². The lowest BCUT2D eigenvalue weighted by molar-refractivity contribution is 0.0730. The Hall–Kier alpha value is -2.50. The second kappa shape index (κ2) is 11.3. The third-order valence-corrected chi connectivity index (χ3v) is 8.22. The van der Waals surface area contributed by atoms with Gasteiger partial charge in [-0.05, 0) is 48.9 Å². The van der Waals surface area contributed by atoms with Gasteiger partial charge in [-0.15, -0.1) is 11.3 Å². The zero-order valence-electron chi connectivity index (χ0n) is 19.3. The van der Waals surface area contributed by atoms with Crippen molar-refractivity contribution < 1.29 is 22.6 Å². The normalized spacial score (nSPS) is 15.5. The Morgan fingerprint density at radius 2 is 1.76 bits per heavy atom. The minimum absolute atomic E-state index is 0.288. The fourth-order valence-electron chi connectivity index (χ4n) is 3.68. The standard InChI is InChI=1S/C24H29N3O5S2/c1-3-32-21-8-6-20(7-9-21)25-24-27(14-15-30-2)23(18-33-24)19-4-10-22(11-5-19)34(28,29)26-12-16-31-17-13-26/h4-11,18H,3,12-17H2,1-2H3. The third-order valence-electron chi connectivity index (χ3n) is 5.45. The van der Waals surface area contributed by atoms with E-state index in [0.717, 1.165) is 27.5 Å². The Bertz CT molecular complexity index is 1240. The van der Waals surface area contributed by atoms with Gasteiger partial charge in [0.2, 0.25) is 10.0 Å². The number of methoxy groups -OCH3 is 1. The lowest BCUT2D eigenvalue weighted by atomic mass is 10.2. The summed E-state index contributed by atoms with van der Waals surface area (Å²) in [5, 5.41) is 2.04. The van der Waals surface area contributed by atoms with E-state index >= 15 is 0 Å². The third kappa shape index (κ3) is 5.59. The molecule has 4 rings (SSSR count). The molecule has 2 aromatic carbocycles. The molecule has 0 aliphatic carbocycles. The van der Waals surface area contributed by atoms with Crippen LogP contribution in [0, 0.1) is 0 Å². The molecular formula is C24H29N3O5S2. The van der Waals surface area contributed by atoms with E-state index in [1.807, 2.05) is 48.7 Å². The number of aromatic nitrogens is 1. The first-order valence-electron chi connectivity index (χ1n) is 11.2. The van der Waals surface area contributed by atoms with Crippen LogP contribution in [0.2, 0.25) is 0 Å². The minimum atomic E-state index is -3.53. The van der Waals surface area contributed by atoms with Crippen molar-refractivity contribution >= 4 is 27.0 Å². The lowest BCUT2D eigenvalue weighted by Crippen LogP contribution is -2.40. The van der Waals surface area contributed by atoms with Gasteiger partial charge in [0, 0.05) is 32.1 Å². The maximum absolute atomic E-state index is 12.9. The molecule has 10 heteroatoms. The van der Waals surface area contributed by atoms with Gasteiger partial charge in [-0.3, -0.25) is 0 Å². The number of hydrogen-bond donors (Lipinski definition) is 0. The first kappa shape index (κ1) is 24.6. The molecule has 1 aromatic heterocycles. The summed E-state index contributed by atoms with van der Waals surface area (Å²) in [6.45, 7) is 5.33. The fraction of sp³-hybridized carbons (Fsp3) is 0.375. The quantitative estimate of drug-likeness (QED) is 0.446. The molecule has 182 valence electrons. The van der Waals surface area contributed by atoms with Gasteiger partial charge in [-0.25, -0.2) is 13.4 Å². The van der Waals surface area contributed by atoms with Crippen molar-refractivity contribution in [1.29, 1.82) is 0 Å². The molecule has 3 aromatic rings. The number of morpholine rings is 1. The summed E-state index contributed by atoms with van der Waals surface area (Å²) in [5.74, 6) is 0.813. The smallest absolute Gasteiger partial charge is 0.243 e. The molecule has 0 atom stereocenters. The molecular weight excluding hydrogens is 474 g/mol. The zero-order chi connectivity index (χ0) is 24.0. The molecule has 0 amide bonds. The number of benzene rings is 2. The van der Waals surface area contributed by atoms with Crippen LogP contribution in [0.15, 0.2) is 63.8 Å². The fourth-order valence-corrected chi connectivity index (χ4v) is 6.04. The molecule has 0 N–H and O–H groups in total. The largest absolute Gasteiger partial charge is 0.494 e. The maximum atomic E-state index is 12.9. The predicted molar refractivity (Wildman–Crippen MR) is 132 cm³/mol. The molecule has 1 aliphatic heterocycles. The molecule has 34 heavy (non-hydrogen) atoms. The average Bonchev–Trinajstić information content (AvgIpc) is 3.26. The van der Waals surface area contributed by atoms with Gasteiger partial charge in [0.25, 0.3) is 0 Å². The first-order valence-corrected chi connectivity index (χ1v) is 13.5. The van der Waals surface area contributed by atoms with E-state index in [1.165, 1.54) is 15.6 Å². The Balaban J connectivity index is 1.64. The molecule has 2 heterocycles. The molecule has 1 aliphatic rings. The predicted octanol–water partition coefficient (Wildman–Crippen LogP) is 3.52. The van der Waals surface area contributed by atoms with Gasteiger partial charge in [0.15, 0.2) is 4.80 Å². The van der Waals surface area contributed by atoms with Crippen molar-refractivity contribution in [3.05, 3.63) is 58.7 Å². The number of nitrogens with zero attached hydrogens (tertiary/aromatic N) is 3. The summed E-state index contributed by atoms with van der Waals surface area (Å²) in [6.07, 6.45) is 0.